The van der Waals surface area contributed by atoms with Crippen molar-refractivity contribution in [1.82, 2.24) is 19.9 Å². The summed E-state index contributed by atoms with van der Waals surface area (Å²) in [4.78, 5) is 15.7. The largest absolute Gasteiger partial charge is 0.350 e. The maximum atomic E-state index is 4.47. The zero-order valence-electron chi connectivity index (χ0n) is 16.3. The molecule has 27 heavy (non-hydrogen) atoms. The first-order valence-corrected chi connectivity index (χ1v) is 9.30. The minimum Gasteiger partial charge on any atom is -0.350 e. The van der Waals surface area contributed by atoms with Crippen molar-refractivity contribution in [3.63, 3.8) is 0 Å². The van der Waals surface area contributed by atoms with Crippen LogP contribution in [0.2, 0.25) is 0 Å². The van der Waals surface area contributed by atoms with Crippen LogP contribution in [0.5, 0.6) is 0 Å². The lowest BCUT2D eigenvalue weighted by Crippen LogP contribution is -2.30. The maximum Gasteiger partial charge on any atom is 0.222 e. The molecule has 0 amide bonds. The molecular weight excluding hydrogens is 334 g/mol. The van der Waals surface area contributed by atoms with E-state index < -0.39 is 0 Å². The van der Waals surface area contributed by atoms with E-state index in [2.05, 4.69) is 64.3 Å². The number of aromatic nitrogens is 3. The van der Waals surface area contributed by atoms with Crippen LogP contribution in [0.15, 0.2) is 61.1 Å². The summed E-state index contributed by atoms with van der Waals surface area (Å²) in [7, 11) is 2.13. The first-order chi connectivity index (χ1) is 13.1. The Morgan fingerprint density at radius 3 is 2.44 bits per heavy atom. The first-order valence-electron chi connectivity index (χ1n) is 9.30. The fraction of sp³-hybridized carbons (Fsp3) is 0.318. The predicted octanol–water partition coefficient (Wildman–Crippen LogP) is 3.86. The molecular formula is C22H27N5. The summed E-state index contributed by atoms with van der Waals surface area (Å²) in [5.41, 5.74) is 4.70. The number of hydrogen-bond acceptors (Lipinski definition) is 5. The van der Waals surface area contributed by atoms with Gasteiger partial charge in [-0.2, -0.15) is 0 Å². The highest BCUT2D eigenvalue weighted by Crippen LogP contribution is 2.11. The van der Waals surface area contributed by atoms with Crippen molar-refractivity contribution in [1.29, 1.82) is 0 Å². The van der Waals surface area contributed by atoms with Gasteiger partial charge in [0.2, 0.25) is 5.95 Å². The molecule has 5 heteroatoms. The van der Waals surface area contributed by atoms with Crippen molar-refractivity contribution in [2.45, 2.75) is 39.4 Å². The van der Waals surface area contributed by atoms with E-state index in [1.807, 2.05) is 42.9 Å². The minimum atomic E-state index is 0.384. The van der Waals surface area contributed by atoms with Crippen LogP contribution >= 0.6 is 0 Å². The minimum absolute atomic E-state index is 0.384. The van der Waals surface area contributed by atoms with Crippen molar-refractivity contribution in [3.8, 4) is 0 Å². The second-order valence-electron chi connectivity index (χ2n) is 7.05. The number of hydrogen-bond donors (Lipinski definition) is 1. The Labute approximate surface area is 161 Å². The SMILES string of the molecule is Cc1ccnc(C[C@H](C)N(C)Cc2cnc(NCc3ccccc3)nc2)c1. The van der Waals surface area contributed by atoms with Gasteiger partial charge < -0.3 is 5.32 Å². The quantitative estimate of drug-likeness (QED) is 0.660. The van der Waals surface area contributed by atoms with Gasteiger partial charge in [-0.1, -0.05) is 30.3 Å². The molecule has 0 bridgehead atoms. The molecule has 0 spiro atoms. The molecule has 0 aliphatic heterocycles. The van der Waals surface area contributed by atoms with Gasteiger partial charge in [0.25, 0.3) is 0 Å². The Hall–Kier alpha value is -2.79. The van der Waals surface area contributed by atoms with E-state index in [4.69, 9.17) is 0 Å². The fourth-order valence-corrected chi connectivity index (χ4v) is 2.92. The fourth-order valence-electron chi connectivity index (χ4n) is 2.92. The molecule has 5 nitrogen and oxygen atoms in total. The van der Waals surface area contributed by atoms with Crippen molar-refractivity contribution in [2.75, 3.05) is 12.4 Å². The zero-order chi connectivity index (χ0) is 19.1. The van der Waals surface area contributed by atoms with Crippen LogP contribution in [0.4, 0.5) is 5.95 Å². The number of likely N-dealkylation sites (N-methyl/N-ethyl adjacent to an activating group) is 1. The van der Waals surface area contributed by atoms with Gasteiger partial charge in [0.1, 0.15) is 0 Å². The Morgan fingerprint density at radius 1 is 1.00 bits per heavy atom. The summed E-state index contributed by atoms with van der Waals surface area (Å²) in [6.07, 6.45) is 6.60. The third-order valence-corrected chi connectivity index (χ3v) is 4.66. The van der Waals surface area contributed by atoms with E-state index >= 15 is 0 Å². The van der Waals surface area contributed by atoms with Gasteiger partial charge in [-0.25, -0.2) is 9.97 Å². The third-order valence-electron chi connectivity index (χ3n) is 4.66. The number of anilines is 1. The molecule has 0 saturated heterocycles. The van der Waals surface area contributed by atoms with Gasteiger partial charge >= 0.3 is 0 Å². The molecule has 2 aromatic heterocycles. The predicted molar refractivity (Wildman–Crippen MR) is 109 cm³/mol. The Balaban J connectivity index is 1.51. The molecule has 0 fully saturated rings. The van der Waals surface area contributed by atoms with Crippen molar-refractivity contribution in [3.05, 3.63) is 83.4 Å². The van der Waals surface area contributed by atoms with Gasteiger partial charge in [-0.05, 0) is 44.2 Å². The summed E-state index contributed by atoms with van der Waals surface area (Å²) in [6.45, 7) is 5.86. The van der Waals surface area contributed by atoms with E-state index in [1.165, 1.54) is 11.1 Å². The molecule has 3 rings (SSSR count). The van der Waals surface area contributed by atoms with E-state index in [0.29, 0.717) is 12.0 Å². The van der Waals surface area contributed by atoms with E-state index in [1.54, 1.807) is 0 Å². The number of nitrogens with one attached hydrogen (secondary N) is 1. The summed E-state index contributed by atoms with van der Waals surface area (Å²) in [5.74, 6) is 0.655. The van der Waals surface area contributed by atoms with Crippen molar-refractivity contribution in [2.24, 2.45) is 0 Å². The lowest BCUT2D eigenvalue weighted by atomic mass is 10.1. The Bertz CT molecular complexity index is 833. The van der Waals surface area contributed by atoms with E-state index in [0.717, 1.165) is 30.8 Å². The normalized spacial score (nSPS) is 12.1. The summed E-state index contributed by atoms with van der Waals surface area (Å²) < 4.78 is 0. The van der Waals surface area contributed by atoms with Crippen LogP contribution in [-0.4, -0.2) is 32.9 Å². The van der Waals surface area contributed by atoms with Crippen LogP contribution in [0.1, 0.15) is 29.3 Å². The molecule has 0 unspecified atom stereocenters. The van der Waals surface area contributed by atoms with Crippen LogP contribution in [0.25, 0.3) is 0 Å². The van der Waals surface area contributed by atoms with Crippen LogP contribution < -0.4 is 5.32 Å². The molecule has 0 aliphatic rings. The molecule has 0 aliphatic carbocycles. The Kier molecular flexibility index (Phi) is 6.49. The van der Waals surface area contributed by atoms with Crippen LogP contribution in [0, 0.1) is 6.92 Å². The van der Waals surface area contributed by atoms with Crippen LogP contribution in [0.3, 0.4) is 0 Å². The highest BCUT2D eigenvalue weighted by Gasteiger charge is 2.12. The summed E-state index contributed by atoms with van der Waals surface area (Å²) >= 11 is 0. The second kappa shape index (κ2) is 9.24. The highest BCUT2D eigenvalue weighted by atomic mass is 15.1. The summed E-state index contributed by atoms with van der Waals surface area (Å²) in [6, 6.07) is 14.8. The molecule has 2 heterocycles. The lowest BCUT2D eigenvalue weighted by molar-refractivity contribution is 0.246. The van der Waals surface area contributed by atoms with Gasteiger partial charge in [0.05, 0.1) is 0 Å². The van der Waals surface area contributed by atoms with Gasteiger partial charge in [-0.15, -0.1) is 0 Å². The van der Waals surface area contributed by atoms with Crippen molar-refractivity contribution >= 4 is 5.95 Å². The summed E-state index contributed by atoms with van der Waals surface area (Å²) in [5, 5.41) is 3.26. The second-order valence-corrected chi connectivity index (χ2v) is 7.05. The molecule has 1 atom stereocenters. The average molecular weight is 361 g/mol. The smallest absolute Gasteiger partial charge is 0.222 e. The topological polar surface area (TPSA) is 53.9 Å². The molecule has 1 aromatic carbocycles. The number of rotatable bonds is 8. The first kappa shape index (κ1) is 19.0. The van der Waals surface area contributed by atoms with Crippen molar-refractivity contribution < 1.29 is 0 Å². The monoisotopic (exact) mass is 361 g/mol. The van der Waals surface area contributed by atoms with Gasteiger partial charge in [-0.3, -0.25) is 9.88 Å². The highest BCUT2D eigenvalue weighted by molar-refractivity contribution is 5.28. The number of aryl methyl sites for hydroxylation is 1. The van der Waals surface area contributed by atoms with Crippen LogP contribution in [-0.2, 0) is 19.5 Å². The number of nitrogens with zero attached hydrogens (tertiary/aromatic N) is 4. The standard InChI is InChI=1S/C22H27N5/c1-17-9-10-23-21(11-17)12-18(2)27(3)16-20-14-25-22(26-15-20)24-13-19-7-5-4-6-8-19/h4-11,14-15,18H,12-13,16H2,1-3H3,(H,24,25,26)/t18-/m0/s1. The van der Waals surface area contributed by atoms with Gasteiger partial charge in [0, 0.05) is 55.4 Å². The maximum absolute atomic E-state index is 4.47. The molecule has 1 N–H and O–H groups in total. The molecule has 140 valence electrons. The third kappa shape index (κ3) is 5.86. The zero-order valence-corrected chi connectivity index (χ0v) is 16.3. The molecule has 3 aromatic rings. The lowest BCUT2D eigenvalue weighted by Gasteiger charge is -2.24. The molecule has 0 radical (unpaired) electrons. The average Bonchev–Trinajstić information content (AvgIpc) is 2.68. The van der Waals surface area contributed by atoms with Gasteiger partial charge in [0.15, 0.2) is 0 Å². The number of benzene rings is 1. The Morgan fingerprint density at radius 2 is 1.74 bits per heavy atom. The van der Waals surface area contributed by atoms with E-state index in [9.17, 15) is 0 Å². The molecule has 0 saturated carbocycles. The van der Waals surface area contributed by atoms with E-state index in [-0.39, 0.29) is 0 Å². The number of pyridine rings is 1.